The van der Waals surface area contributed by atoms with Crippen LogP contribution >= 0.6 is 0 Å². The molecule has 2 amide bonds. The number of benzene rings is 1. The van der Waals surface area contributed by atoms with E-state index in [1.165, 1.54) is 0 Å². The van der Waals surface area contributed by atoms with Crippen molar-refractivity contribution in [3.63, 3.8) is 0 Å². The summed E-state index contributed by atoms with van der Waals surface area (Å²) in [5.74, 6) is 1.30. The molecule has 4 rings (SSSR count). The molecule has 1 aliphatic carbocycles. The number of hydrogen-bond donors (Lipinski definition) is 2. The highest BCUT2D eigenvalue weighted by molar-refractivity contribution is 5.89. The maximum absolute atomic E-state index is 12.2. The fourth-order valence-electron chi connectivity index (χ4n) is 3.68. The molecule has 2 fully saturated rings. The smallest absolute Gasteiger partial charge is 0.319 e. The molecule has 154 valence electrons. The van der Waals surface area contributed by atoms with Gasteiger partial charge in [0.2, 0.25) is 11.8 Å². The number of urea groups is 1. The molecule has 0 unspecified atom stereocenters. The van der Waals surface area contributed by atoms with Gasteiger partial charge >= 0.3 is 6.03 Å². The molecule has 1 aliphatic heterocycles. The summed E-state index contributed by atoms with van der Waals surface area (Å²) in [7, 11) is 0. The van der Waals surface area contributed by atoms with E-state index in [-0.39, 0.29) is 18.2 Å². The lowest BCUT2D eigenvalue weighted by Crippen LogP contribution is -2.41. The number of rotatable bonds is 5. The van der Waals surface area contributed by atoms with Gasteiger partial charge in [-0.15, -0.1) is 0 Å². The zero-order valence-corrected chi connectivity index (χ0v) is 16.4. The van der Waals surface area contributed by atoms with Crippen molar-refractivity contribution in [3.05, 3.63) is 42.6 Å². The summed E-state index contributed by atoms with van der Waals surface area (Å²) < 4.78 is 11.5. The summed E-state index contributed by atoms with van der Waals surface area (Å²) in [6.45, 7) is 2.99. The van der Waals surface area contributed by atoms with Gasteiger partial charge in [0.15, 0.2) is 0 Å². The first kappa shape index (κ1) is 19.4. The summed E-state index contributed by atoms with van der Waals surface area (Å²) in [5.41, 5.74) is 0.793. The van der Waals surface area contributed by atoms with Crippen LogP contribution < -0.4 is 20.3 Å². The number of morpholine rings is 1. The third-order valence-corrected chi connectivity index (χ3v) is 5.24. The normalized spacial score (nSPS) is 22.0. The molecular formula is C21H27N5O3. The first-order valence-electron chi connectivity index (χ1n) is 10.2. The average Bonchev–Trinajstić information content (AvgIpc) is 2.77. The van der Waals surface area contributed by atoms with Crippen molar-refractivity contribution < 1.29 is 14.3 Å². The Labute approximate surface area is 170 Å². The molecule has 2 heterocycles. The van der Waals surface area contributed by atoms with E-state index in [0.29, 0.717) is 25.0 Å². The van der Waals surface area contributed by atoms with E-state index in [4.69, 9.17) is 9.47 Å². The third-order valence-electron chi connectivity index (χ3n) is 5.24. The zero-order chi connectivity index (χ0) is 19.9. The highest BCUT2D eigenvalue weighted by Crippen LogP contribution is 2.24. The van der Waals surface area contributed by atoms with Gasteiger partial charge in [-0.1, -0.05) is 18.2 Å². The van der Waals surface area contributed by atoms with Crippen LogP contribution in [0.1, 0.15) is 25.7 Å². The Morgan fingerprint density at radius 2 is 1.83 bits per heavy atom. The van der Waals surface area contributed by atoms with E-state index in [1.54, 1.807) is 6.20 Å². The lowest BCUT2D eigenvalue weighted by Gasteiger charge is -2.30. The van der Waals surface area contributed by atoms with Gasteiger partial charge < -0.3 is 25.0 Å². The van der Waals surface area contributed by atoms with Gasteiger partial charge in [-0.05, 0) is 37.8 Å². The van der Waals surface area contributed by atoms with Crippen LogP contribution in [-0.2, 0) is 4.74 Å². The van der Waals surface area contributed by atoms with Gasteiger partial charge in [-0.25, -0.2) is 9.78 Å². The number of para-hydroxylation sites is 1. The van der Waals surface area contributed by atoms with E-state index in [2.05, 4.69) is 25.5 Å². The molecule has 2 N–H and O–H groups in total. The predicted octanol–water partition coefficient (Wildman–Crippen LogP) is 2.82. The molecule has 1 aromatic carbocycles. The zero-order valence-electron chi connectivity index (χ0n) is 16.4. The van der Waals surface area contributed by atoms with Gasteiger partial charge in [-0.3, -0.25) is 0 Å². The molecule has 1 aromatic heterocycles. The standard InChI is InChI=1S/C21H27N5O3/c27-21(23-16-4-2-1-3-5-16)24-17-6-8-18(9-7-17)29-19-10-11-22-20(25-19)26-12-14-28-15-13-26/h1-5,10-11,17-18H,6-9,12-15H2,(H2,23,24,27). The molecule has 1 saturated heterocycles. The number of hydrogen-bond acceptors (Lipinski definition) is 6. The summed E-state index contributed by atoms with van der Waals surface area (Å²) in [5, 5.41) is 5.92. The quantitative estimate of drug-likeness (QED) is 0.807. The summed E-state index contributed by atoms with van der Waals surface area (Å²) in [6.07, 6.45) is 5.38. The van der Waals surface area contributed by atoms with Crippen LogP contribution in [0.5, 0.6) is 5.88 Å². The summed E-state index contributed by atoms with van der Waals surface area (Å²) in [6, 6.07) is 11.3. The van der Waals surface area contributed by atoms with Crippen LogP contribution in [0.3, 0.4) is 0 Å². The predicted molar refractivity (Wildman–Crippen MR) is 110 cm³/mol. The lowest BCUT2D eigenvalue weighted by molar-refractivity contribution is 0.121. The SMILES string of the molecule is O=C(Nc1ccccc1)NC1CCC(Oc2ccnc(N3CCOCC3)n2)CC1. The van der Waals surface area contributed by atoms with Gasteiger partial charge in [0.05, 0.1) is 13.2 Å². The molecule has 8 nitrogen and oxygen atoms in total. The second kappa shape index (κ2) is 9.56. The highest BCUT2D eigenvalue weighted by Gasteiger charge is 2.24. The molecular weight excluding hydrogens is 370 g/mol. The maximum atomic E-state index is 12.2. The minimum atomic E-state index is -0.161. The van der Waals surface area contributed by atoms with Crippen molar-refractivity contribution in [3.8, 4) is 5.88 Å². The minimum Gasteiger partial charge on any atom is -0.474 e. The monoisotopic (exact) mass is 397 g/mol. The molecule has 1 saturated carbocycles. The molecule has 29 heavy (non-hydrogen) atoms. The number of nitrogens with zero attached hydrogens (tertiary/aromatic N) is 3. The minimum absolute atomic E-state index is 0.109. The fourth-order valence-corrected chi connectivity index (χ4v) is 3.68. The Hall–Kier alpha value is -2.87. The van der Waals surface area contributed by atoms with Crippen LogP contribution in [0.4, 0.5) is 16.4 Å². The summed E-state index contributed by atoms with van der Waals surface area (Å²) in [4.78, 5) is 23.2. The van der Waals surface area contributed by atoms with Gasteiger partial charge in [0, 0.05) is 37.1 Å². The second-order valence-electron chi connectivity index (χ2n) is 7.35. The van der Waals surface area contributed by atoms with Crippen LogP contribution in [-0.4, -0.2) is 54.4 Å². The van der Waals surface area contributed by atoms with E-state index in [1.807, 2.05) is 36.4 Å². The molecule has 0 atom stereocenters. The van der Waals surface area contributed by atoms with Gasteiger partial charge in [0.1, 0.15) is 6.10 Å². The molecule has 8 heteroatoms. The van der Waals surface area contributed by atoms with Crippen molar-refractivity contribution in [1.29, 1.82) is 0 Å². The highest BCUT2D eigenvalue weighted by atomic mass is 16.5. The van der Waals surface area contributed by atoms with Crippen LogP contribution in [0.25, 0.3) is 0 Å². The number of aromatic nitrogens is 2. The number of anilines is 2. The summed E-state index contributed by atoms with van der Waals surface area (Å²) >= 11 is 0. The number of carbonyl (C=O) groups is 1. The second-order valence-corrected chi connectivity index (χ2v) is 7.35. The van der Waals surface area contributed by atoms with Crippen molar-refractivity contribution in [2.45, 2.75) is 37.8 Å². The number of nitrogens with one attached hydrogen (secondary N) is 2. The van der Waals surface area contributed by atoms with Gasteiger partial charge in [-0.2, -0.15) is 4.98 Å². The first-order chi connectivity index (χ1) is 14.3. The topological polar surface area (TPSA) is 88.6 Å². The van der Waals surface area contributed by atoms with Crippen LogP contribution in [0.2, 0.25) is 0 Å². The van der Waals surface area contributed by atoms with Crippen LogP contribution in [0.15, 0.2) is 42.6 Å². The van der Waals surface area contributed by atoms with E-state index in [0.717, 1.165) is 44.5 Å². The lowest BCUT2D eigenvalue weighted by atomic mass is 9.93. The first-order valence-corrected chi connectivity index (χ1v) is 10.2. The van der Waals surface area contributed by atoms with Crippen molar-refractivity contribution in [1.82, 2.24) is 15.3 Å². The molecule has 0 radical (unpaired) electrons. The van der Waals surface area contributed by atoms with Crippen molar-refractivity contribution in [2.24, 2.45) is 0 Å². The molecule has 2 aromatic rings. The van der Waals surface area contributed by atoms with Crippen molar-refractivity contribution in [2.75, 3.05) is 36.5 Å². The van der Waals surface area contributed by atoms with E-state index in [9.17, 15) is 4.79 Å². The Morgan fingerprint density at radius 1 is 1.07 bits per heavy atom. The largest absolute Gasteiger partial charge is 0.474 e. The number of amides is 2. The van der Waals surface area contributed by atoms with E-state index >= 15 is 0 Å². The van der Waals surface area contributed by atoms with Crippen LogP contribution in [0, 0.1) is 0 Å². The third kappa shape index (κ3) is 5.57. The maximum Gasteiger partial charge on any atom is 0.319 e. The van der Waals surface area contributed by atoms with Gasteiger partial charge in [0.25, 0.3) is 0 Å². The molecule has 0 bridgehead atoms. The van der Waals surface area contributed by atoms with E-state index < -0.39 is 0 Å². The Balaban J connectivity index is 1.23. The number of carbonyl (C=O) groups excluding carboxylic acids is 1. The molecule has 0 spiro atoms. The Morgan fingerprint density at radius 3 is 2.59 bits per heavy atom. The van der Waals surface area contributed by atoms with Crippen molar-refractivity contribution >= 4 is 17.7 Å². The number of ether oxygens (including phenoxy) is 2. The molecule has 2 aliphatic rings. The fraction of sp³-hybridized carbons (Fsp3) is 0.476. The average molecular weight is 397 g/mol. The Kier molecular flexibility index (Phi) is 6.41. The Bertz CT molecular complexity index is 790.